The number of ether oxygens (including phenoxy) is 4. The van der Waals surface area contributed by atoms with Gasteiger partial charge in [0.2, 0.25) is 11.5 Å². The van der Waals surface area contributed by atoms with Crippen LogP contribution in [0.4, 0.5) is 0 Å². The van der Waals surface area contributed by atoms with E-state index in [1.807, 2.05) is 9.97 Å². The highest BCUT2D eigenvalue weighted by Crippen LogP contribution is 2.65. The number of phosphoric ester groups is 1. The molecule has 2 aliphatic heterocycles. The molecule has 3 radical (unpaired) electrons. The molecule has 0 bridgehead atoms. The molecule has 2 aromatic rings. The summed E-state index contributed by atoms with van der Waals surface area (Å²) < 4.78 is 63.8. The molecule has 2 aromatic heterocycles. The number of H-pyrrole nitrogens is 2. The summed E-state index contributed by atoms with van der Waals surface area (Å²) in [5.74, 6) is -0.704. The molecule has 2 unspecified atom stereocenters. The van der Waals surface area contributed by atoms with E-state index in [0.29, 0.717) is 9.13 Å². The fraction of sp³-hybridized carbons (Fsp3) is 0.600. The van der Waals surface area contributed by atoms with Gasteiger partial charge in [0.05, 0.1) is 39.8 Å². The molecule has 273 valence electrons. The van der Waals surface area contributed by atoms with E-state index >= 15 is 0 Å². The lowest BCUT2D eigenvalue weighted by Crippen LogP contribution is -2.38. The van der Waals surface area contributed by atoms with Gasteiger partial charge in [0, 0.05) is 8.41 Å². The minimum absolute atomic E-state index is 0. The van der Waals surface area contributed by atoms with Gasteiger partial charge in [0.1, 0.15) is 36.6 Å². The Bertz CT molecular complexity index is 1800. The molecular formula is C20H29BN4O21P3. The maximum absolute atomic E-state index is 12.3. The first-order valence-corrected chi connectivity index (χ1v) is 17.1. The molecule has 49 heavy (non-hydrogen) atoms. The second-order valence-corrected chi connectivity index (χ2v) is 13.9. The lowest BCUT2D eigenvalue weighted by Gasteiger charge is -2.21. The summed E-state index contributed by atoms with van der Waals surface area (Å²) in [6.07, 6.45) is -11.9. The average Bonchev–Trinajstić information content (AvgIpc) is 3.43. The van der Waals surface area contributed by atoms with Gasteiger partial charge >= 0.3 is 35.6 Å². The predicted molar refractivity (Wildman–Crippen MR) is 156 cm³/mol. The van der Waals surface area contributed by atoms with Crippen molar-refractivity contribution in [3.63, 3.8) is 0 Å². The van der Waals surface area contributed by atoms with Gasteiger partial charge in [-0.25, -0.2) is 23.0 Å². The van der Waals surface area contributed by atoms with E-state index in [9.17, 15) is 63.4 Å². The van der Waals surface area contributed by atoms with Gasteiger partial charge in [0.25, 0.3) is 11.1 Å². The molecule has 29 heteroatoms. The quantitative estimate of drug-likeness (QED) is 0.0646. The summed E-state index contributed by atoms with van der Waals surface area (Å²) in [4.78, 5) is 81.2. The standard InChI is InChI=1S/C20H29N4O21P3.B/c1-38-7-3-23(19(31)21-15(7)29)17-13(27)11(25)9(42-17)5-40-46(33)44-48(36,37)45-47(34,35)41-6-10-12(26)14(28)18(43-10)24-4-8(39-2)16(30)22-20(24)32;/h3-4,9-14,17-18,25-28,33H,5-6H2,1-2H3,(H,34,35)(H,36,37)(H,21,29,31)(H,22,30,32);/t9-,10-,11-,12-,13-,14-,17-,18-,46-;/m1./s1. The smallest absolute Gasteiger partial charge is 0.487 e. The van der Waals surface area contributed by atoms with Gasteiger partial charge in [-0.3, -0.25) is 33.2 Å². The number of hydrogen-bond acceptors (Lipinski definition) is 19. The van der Waals surface area contributed by atoms with Crippen LogP contribution in [0.25, 0.3) is 0 Å². The fourth-order valence-corrected chi connectivity index (χ4v) is 7.51. The van der Waals surface area contributed by atoms with Gasteiger partial charge < -0.3 is 58.6 Å². The normalized spacial score (nSPS) is 29.8. The van der Waals surface area contributed by atoms with E-state index in [1.165, 1.54) is 0 Å². The number of hydrogen-bond donors (Lipinski definition) is 9. The van der Waals surface area contributed by atoms with Crippen molar-refractivity contribution in [1.82, 2.24) is 19.1 Å². The SMILES string of the molecule is COc1cn([C@@H]2O[C@H](CO[P@@](O)OP(=O)(O)OP(=O)(O)OC[C@H]3O[C@@H](n4cc(OC)c(=O)[nH]c4=O)[C@H](O)[C@@H]3O)[C@@H](O)[C@H]2O)c(=O)[nH]c1=O.[B]. The number of aliphatic hydroxyl groups excluding tert-OH is 4. The Hall–Kier alpha value is -2.61. The van der Waals surface area contributed by atoms with E-state index in [-0.39, 0.29) is 19.9 Å². The Morgan fingerprint density at radius 2 is 1.20 bits per heavy atom. The topological polar surface area (TPSA) is 359 Å². The highest BCUT2D eigenvalue weighted by molar-refractivity contribution is 7.65. The third kappa shape index (κ3) is 9.39. The molecule has 0 saturated carbocycles. The largest absolute Gasteiger partial charge is 0.490 e. The number of nitrogens with one attached hydrogen (secondary N) is 2. The van der Waals surface area contributed by atoms with Crippen molar-refractivity contribution in [1.29, 1.82) is 0 Å². The molecule has 0 spiro atoms. The number of rotatable bonds is 14. The van der Waals surface area contributed by atoms with Crippen LogP contribution in [-0.4, -0.2) is 127 Å². The zero-order chi connectivity index (χ0) is 35.7. The van der Waals surface area contributed by atoms with Crippen molar-refractivity contribution in [3.8, 4) is 11.5 Å². The summed E-state index contributed by atoms with van der Waals surface area (Å²) in [7, 11) is -12.5. The zero-order valence-electron chi connectivity index (χ0n) is 24.8. The minimum Gasteiger partial charge on any atom is -0.490 e. The van der Waals surface area contributed by atoms with Crippen molar-refractivity contribution in [2.75, 3.05) is 27.4 Å². The van der Waals surface area contributed by atoms with Crippen LogP contribution < -0.4 is 32.0 Å². The summed E-state index contributed by atoms with van der Waals surface area (Å²) in [5.41, 5.74) is -3.92. The van der Waals surface area contributed by atoms with Crippen LogP contribution in [0.2, 0.25) is 0 Å². The summed E-state index contributed by atoms with van der Waals surface area (Å²) in [6.45, 7) is -1.95. The van der Waals surface area contributed by atoms with Gasteiger partial charge in [0.15, 0.2) is 12.5 Å². The Morgan fingerprint density at radius 1 is 0.776 bits per heavy atom. The lowest BCUT2D eigenvalue weighted by atomic mass is 10.1. The predicted octanol–water partition coefficient (Wildman–Crippen LogP) is -4.55. The Balaban J connectivity index is 0.00000650. The van der Waals surface area contributed by atoms with Crippen LogP contribution in [0, 0.1) is 0 Å². The monoisotopic (exact) mass is 765 g/mol. The van der Waals surface area contributed by atoms with Gasteiger partial charge in [-0.05, 0) is 0 Å². The summed E-state index contributed by atoms with van der Waals surface area (Å²) in [6, 6.07) is 0. The highest BCUT2D eigenvalue weighted by Gasteiger charge is 2.47. The van der Waals surface area contributed by atoms with Crippen molar-refractivity contribution >= 4 is 32.7 Å². The number of aromatic nitrogens is 4. The molecule has 11 atom stereocenters. The van der Waals surface area contributed by atoms with Crippen molar-refractivity contribution < 1.29 is 80.9 Å². The molecule has 2 aliphatic rings. The van der Waals surface area contributed by atoms with Crippen molar-refractivity contribution in [2.45, 2.75) is 49.1 Å². The number of nitrogens with zero attached hydrogens (tertiary/aromatic N) is 2. The Morgan fingerprint density at radius 3 is 1.63 bits per heavy atom. The fourth-order valence-electron chi connectivity index (χ4n) is 4.38. The first kappa shape index (κ1) is 40.8. The van der Waals surface area contributed by atoms with Crippen LogP contribution in [-0.2, 0) is 36.3 Å². The van der Waals surface area contributed by atoms with Crippen LogP contribution in [0.15, 0.2) is 31.6 Å². The van der Waals surface area contributed by atoms with Gasteiger partial charge in [-0.15, -0.1) is 0 Å². The number of methoxy groups -OCH3 is 2. The van der Waals surface area contributed by atoms with E-state index in [4.69, 9.17) is 23.5 Å². The minimum atomic E-state index is -5.68. The Labute approximate surface area is 274 Å². The third-order valence-corrected chi connectivity index (χ3v) is 10.5. The second-order valence-electron chi connectivity index (χ2n) is 9.75. The summed E-state index contributed by atoms with van der Waals surface area (Å²) in [5, 5.41) is 41.2. The first-order chi connectivity index (χ1) is 22.4. The average molecular weight is 765 g/mol. The highest BCUT2D eigenvalue weighted by atomic mass is 31.3. The summed E-state index contributed by atoms with van der Waals surface area (Å²) >= 11 is 0. The van der Waals surface area contributed by atoms with Crippen molar-refractivity contribution in [2.24, 2.45) is 0 Å². The maximum Gasteiger partial charge on any atom is 0.487 e. The van der Waals surface area contributed by atoms with Crippen molar-refractivity contribution in [3.05, 3.63) is 54.1 Å². The number of aromatic amines is 2. The molecule has 0 aliphatic carbocycles. The molecule has 4 heterocycles. The molecule has 4 rings (SSSR count). The van der Waals surface area contributed by atoms with E-state index in [1.54, 1.807) is 0 Å². The molecule has 0 amide bonds. The maximum atomic E-state index is 12.3. The zero-order valence-corrected chi connectivity index (χ0v) is 27.5. The lowest BCUT2D eigenvalue weighted by molar-refractivity contribution is -0.0546. The van der Waals surface area contributed by atoms with Crippen LogP contribution in [0.5, 0.6) is 11.5 Å². The third-order valence-electron chi connectivity index (χ3n) is 6.66. The van der Waals surface area contributed by atoms with E-state index in [2.05, 4.69) is 13.1 Å². The molecule has 9 N–H and O–H groups in total. The number of phosphoric acid groups is 2. The van der Waals surface area contributed by atoms with Crippen LogP contribution in [0.1, 0.15) is 12.5 Å². The number of aliphatic hydroxyl groups is 4. The van der Waals surface area contributed by atoms with Gasteiger partial charge in [-0.2, -0.15) is 4.31 Å². The van der Waals surface area contributed by atoms with Gasteiger partial charge in [-0.1, -0.05) is 0 Å². The second kappa shape index (κ2) is 16.2. The van der Waals surface area contributed by atoms with E-state index < -0.39 is 109 Å². The van der Waals surface area contributed by atoms with Crippen LogP contribution >= 0.6 is 24.2 Å². The Kier molecular flexibility index (Phi) is 13.5. The molecular weight excluding hydrogens is 736 g/mol. The molecule has 2 fully saturated rings. The van der Waals surface area contributed by atoms with Crippen LogP contribution in [0.3, 0.4) is 0 Å². The molecule has 2 saturated heterocycles. The van der Waals surface area contributed by atoms with E-state index in [0.717, 1.165) is 26.6 Å². The first-order valence-electron chi connectivity index (χ1n) is 13.0. The molecule has 25 nitrogen and oxygen atoms in total. The molecule has 0 aromatic carbocycles.